The first-order valence-electron chi connectivity index (χ1n) is 5.14. The molecule has 14 heavy (non-hydrogen) atoms. The highest BCUT2D eigenvalue weighted by molar-refractivity contribution is 5.19. The van der Waals surface area contributed by atoms with Crippen LogP contribution in [0.25, 0.3) is 0 Å². The van der Waals surface area contributed by atoms with Gasteiger partial charge in [-0.05, 0) is 26.7 Å². The minimum absolute atomic E-state index is 1.23. The third-order valence-corrected chi connectivity index (χ3v) is 2.12. The summed E-state index contributed by atoms with van der Waals surface area (Å²) in [6.45, 7) is 4.22. The first kappa shape index (κ1) is 10.8. The second kappa shape index (κ2) is 6.20. The van der Waals surface area contributed by atoms with Gasteiger partial charge in [-0.1, -0.05) is 59.7 Å². The van der Waals surface area contributed by atoms with Crippen LogP contribution in [-0.4, -0.2) is 0 Å². The van der Waals surface area contributed by atoms with Crippen molar-refractivity contribution in [2.24, 2.45) is 0 Å². The lowest BCUT2D eigenvalue weighted by atomic mass is 10.1. The van der Waals surface area contributed by atoms with E-state index in [9.17, 15) is 0 Å². The molecule has 0 aliphatic heterocycles. The van der Waals surface area contributed by atoms with E-state index in [-0.39, 0.29) is 0 Å². The Hall–Kier alpha value is -1.30. The van der Waals surface area contributed by atoms with Crippen molar-refractivity contribution < 1.29 is 0 Å². The molecule has 0 aromatic heterocycles. The zero-order valence-electron chi connectivity index (χ0n) is 9.03. The fraction of sp³-hybridized carbons (Fsp3) is 0.286. The standard InChI is InChI=1S/C7H10.C7H8/c2*1-7-5-3-2-4-6-7/h3,5-6H,2,4H2,1H3;2-6H,1H3. The van der Waals surface area contributed by atoms with Gasteiger partial charge in [0, 0.05) is 0 Å². The summed E-state index contributed by atoms with van der Waals surface area (Å²) in [6.07, 6.45) is 9.12. The van der Waals surface area contributed by atoms with Gasteiger partial charge in [-0.3, -0.25) is 0 Å². The summed E-state index contributed by atoms with van der Waals surface area (Å²) in [6, 6.07) is 10.3. The molecule has 0 amide bonds. The summed E-state index contributed by atoms with van der Waals surface area (Å²) in [5, 5.41) is 0. The second-order valence-corrected chi connectivity index (χ2v) is 3.58. The highest BCUT2D eigenvalue weighted by Gasteiger charge is 1.86. The molecule has 0 fully saturated rings. The number of allylic oxidation sites excluding steroid dienone is 4. The highest BCUT2D eigenvalue weighted by atomic mass is 13.9. The van der Waals surface area contributed by atoms with E-state index in [0.29, 0.717) is 0 Å². The monoisotopic (exact) mass is 186 g/mol. The molecule has 1 aromatic carbocycles. The molecule has 1 aliphatic rings. The Morgan fingerprint density at radius 3 is 1.93 bits per heavy atom. The first-order valence-corrected chi connectivity index (χ1v) is 5.14. The van der Waals surface area contributed by atoms with Crippen molar-refractivity contribution in [3.05, 3.63) is 59.7 Å². The van der Waals surface area contributed by atoms with E-state index >= 15 is 0 Å². The predicted octanol–water partition coefficient (Wildman–Crippen LogP) is 4.28. The van der Waals surface area contributed by atoms with Crippen LogP contribution in [0.4, 0.5) is 0 Å². The molecule has 1 aromatic rings. The summed E-state index contributed by atoms with van der Waals surface area (Å²) >= 11 is 0. The van der Waals surface area contributed by atoms with Crippen molar-refractivity contribution in [1.29, 1.82) is 0 Å². The molecule has 74 valence electrons. The molecule has 0 atom stereocenters. The summed E-state index contributed by atoms with van der Waals surface area (Å²) in [5.41, 5.74) is 2.73. The maximum absolute atomic E-state index is 2.26. The molecule has 0 N–H and O–H groups in total. The van der Waals surface area contributed by atoms with Crippen molar-refractivity contribution in [1.82, 2.24) is 0 Å². The summed E-state index contributed by atoms with van der Waals surface area (Å²) in [4.78, 5) is 0. The molecular weight excluding hydrogens is 168 g/mol. The van der Waals surface area contributed by atoms with Gasteiger partial charge in [0.05, 0.1) is 0 Å². The zero-order chi connectivity index (χ0) is 10.2. The second-order valence-electron chi connectivity index (χ2n) is 3.58. The van der Waals surface area contributed by atoms with E-state index in [1.54, 1.807) is 0 Å². The largest absolute Gasteiger partial charge is 0.0840 e. The van der Waals surface area contributed by atoms with E-state index in [1.165, 1.54) is 24.0 Å². The van der Waals surface area contributed by atoms with E-state index in [2.05, 4.69) is 44.2 Å². The average Bonchev–Trinajstić information content (AvgIpc) is 2.21. The van der Waals surface area contributed by atoms with Crippen LogP contribution in [0.1, 0.15) is 25.3 Å². The van der Waals surface area contributed by atoms with Crippen molar-refractivity contribution >= 4 is 0 Å². The molecule has 0 saturated carbocycles. The lowest BCUT2D eigenvalue weighted by Gasteiger charge is -1.96. The van der Waals surface area contributed by atoms with Crippen LogP contribution in [0.2, 0.25) is 0 Å². The SMILES string of the molecule is CC1=CCCC=C1.Cc1ccccc1. The van der Waals surface area contributed by atoms with E-state index in [4.69, 9.17) is 0 Å². The number of hydrogen-bond acceptors (Lipinski definition) is 0. The fourth-order valence-electron chi connectivity index (χ4n) is 1.28. The van der Waals surface area contributed by atoms with Crippen LogP contribution in [0.15, 0.2) is 54.1 Å². The van der Waals surface area contributed by atoms with Gasteiger partial charge < -0.3 is 0 Å². The highest BCUT2D eigenvalue weighted by Crippen LogP contribution is 2.06. The lowest BCUT2D eigenvalue weighted by molar-refractivity contribution is 1.02. The normalized spacial score (nSPS) is 14.0. The minimum atomic E-state index is 1.23. The van der Waals surface area contributed by atoms with Crippen LogP contribution in [0.3, 0.4) is 0 Å². The van der Waals surface area contributed by atoms with Crippen molar-refractivity contribution in [2.45, 2.75) is 26.7 Å². The third-order valence-electron chi connectivity index (χ3n) is 2.12. The van der Waals surface area contributed by atoms with Crippen molar-refractivity contribution in [3.63, 3.8) is 0 Å². The lowest BCUT2D eigenvalue weighted by Crippen LogP contribution is -1.76. The van der Waals surface area contributed by atoms with E-state index in [1.807, 2.05) is 18.2 Å². The van der Waals surface area contributed by atoms with Crippen LogP contribution in [0, 0.1) is 6.92 Å². The average molecular weight is 186 g/mol. The Kier molecular flexibility index (Phi) is 4.77. The van der Waals surface area contributed by atoms with E-state index in [0.717, 1.165) is 0 Å². The number of aryl methyl sites for hydroxylation is 1. The topological polar surface area (TPSA) is 0 Å². The van der Waals surface area contributed by atoms with Gasteiger partial charge in [0.2, 0.25) is 0 Å². The zero-order valence-corrected chi connectivity index (χ0v) is 9.03. The van der Waals surface area contributed by atoms with Crippen LogP contribution < -0.4 is 0 Å². The molecular formula is C14H18. The van der Waals surface area contributed by atoms with Crippen molar-refractivity contribution in [3.8, 4) is 0 Å². The van der Waals surface area contributed by atoms with Gasteiger partial charge >= 0.3 is 0 Å². The molecule has 0 bridgehead atoms. The molecule has 0 radical (unpaired) electrons. The summed E-state index contributed by atoms with van der Waals surface area (Å²) in [5.74, 6) is 0. The molecule has 0 unspecified atom stereocenters. The number of rotatable bonds is 0. The minimum Gasteiger partial charge on any atom is -0.0840 e. The maximum Gasteiger partial charge on any atom is -0.0310 e. The Balaban J connectivity index is 0.000000140. The third kappa shape index (κ3) is 4.66. The molecule has 1 aliphatic carbocycles. The Morgan fingerprint density at radius 1 is 0.929 bits per heavy atom. The molecule has 0 heterocycles. The number of hydrogen-bond donors (Lipinski definition) is 0. The van der Waals surface area contributed by atoms with Crippen LogP contribution >= 0.6 is 0 Å². The first-order chi connectivity index (χ1) is 6.79. The van der Waals surface area contributed by atoms with Gasteiger partial charge in [-0.15, -0.1) is 0 Å². The fourth-order valence-corrected chi connectivity index (χ4v) is 1.28. The Bertz CT molecular complexity index is 304. The smallest absolute Gasteiger partial charge is 0.0310 e. The Morgan fingerprint density at radius 2 is 1.64 bits per heavy atom. The molecule has 0 nitrogen and oxygen atoms in total. The maximum atomic E-state index is 2.26. The van der Waals surface area contributed by atoms with Gasteiger partial charge in [-0.25, -0.2) is 0 Å². The Labute approximate surface area is 87.0 Å². The van der Waals surface area contributed by atoms with Crippen molar-refractivity contribution in [2.75, 3.05) is 0 Å². The quantitative estimate of drug-likeness (QED) is 0.567. The predicted molar refractivity (Wildman–Crippen MR) is 63.3 cm³/mol. The summed E-state index contributed by atoms with van der Waals surface area (Å²) in [7, 11) is 0. The molecule has 0 heteroatoms. The molecule has 2 rings (SSSR count). The number of benzene rings is 1. The molecule has 0 saturated heterocycles. The van der Waals surface area contributed by atoms with Gasteiger partial charge in [0.25, 0.3) is 0 Å². The van der Waals surface area contributed by atoms with Crippen LogP contribution in [-0.2, 0) is 0 Å². The summed E-state index contributed by atoms with van der Waals surface area (Å²) < 4.78 is 0. The van der Waals surface area contributed by atoms with Gasteiger partial charge in [0.15, 0.2) is 0 Å². The van der Waals surface area contributed by atoms with Crippen LogP contribution in [0.5, 0.6) is 0 Å². The van der Waals surface area contributed by atoms with E-state index < -0.39 is 0 Å². The molecule has 0 spiro atoms. The van der Waals surface area contributed by atoms with Gasteiger partial charge in [0.1, 0.15) is 0 Å². The van der Waals surface area contributed by atoms with Gasteiger partial charge in [-0.2, -0.15) is 0 Å².